The molecule has 0 aliphatic carbocycles. The maximum atomic E-state index is 12.6. The predicted octanol–water partition coefficient (Wildman–Crippen LogP) is 3.33. The van der Waals surface area contributed by atoms with Gasteiger partial charge in [-0.15, -0.1) is 0 Å². The summed E-state index contributed by atoms with van der Waals surface area (Å²) in [6, 6.07) is 5.87. The van der Waals surface area contributed by atoms with Gasteiger partial charge in [-0.05, 0) is 35.2 Å². The van der Waals surface area contributed by atoms with E-state index in [1.807, 2.05) is 13.8 Å². The zero-order valence-electron chi connectivity index (χ0n) is 8.13. The van der Waals surface area contributed by atoms with Crippen LogP contribution < -0.4 is 0 Å². The molecule has 1 aromatic carbocycles. The largest absolute Gasteiger partial charge is 0.281 e. The Morgan fingerprint density at radius 2 is 1.79 bits per heavy atom. The fraction of sp³-hybridized carbons (Fsp3) is 0.364. The van der Waals surface area contributed by atoms with E-state index < -0.39 is 5.24 Å². The SMILES string of the molecule is CC(C)C(C(=O)Cl)c1ccc(F)cc1. The molecular weight excluding hydrogens is 203 g/mol. The monoisotopic (exact) mass is 214 g/mol. The Hall–Kier alpha value is -0.890. The van der Waals surface area contributed by atoms with E-state index in [-0.39, 0.29) is 17.7 Å². The number of benzene rings is 1. The molecule has 0 saturated carbocycles. The summed E-state index contributed by atoms with van der Waals surface area (Å²) in [4.78, 5) is 11.1. The summed E-state index contributed by atoms with van der Waals surface area (Å²) < 4.78 is 12.6. The van der Waals surface area contributed by atoms with Gasteiger partial charge in [0.25, 0.3) is 0 Å². The van der Waals surface area contributed by atoms with Crippen molar-refractivity contribution in [3.8, 4) is 0 Å². The summed E-state index contributed by atoms with van der Waals surface area (Å²) >= 11 is 5.48. The fourth-order valence-corrected chi connectivity index (χ4v) is 1.83. The molecule has 14 heavy (non-hydrogen) atoms. The number of halogens is 2. The molecule has 0 radical (unpaired) electrons. The molecule has 3 heteroatoms. The van der Waals surface area contributed by atoms with Crippen molar-refractivity contribution >= 4 is 16.8 Å². The molecule has 0 bridgehead atoms. The molecule has 0 saturated heterocycles. The zero-order chi connectivity index (χ0) is 10.7. The van der Waals surface area contributed by atoms with Crippen LogP contribution in [0, 0.1) is 11.7 Å². The van der Waals surface area contributed by atoms with Gasteiger partial charge in [-0.1, -0.05) is 26.0 Å². The van der Waals surface area contributed by atoms with E-state index in [9.17, 15) is 9.18 Å². The Bertz CT molecular complexity index is 319. The number of hydrogen-bond donors (Lipinski definition) is 0. The second kappa shape index (κ2) is 4.56. The summed E-state index contributed by atoms with van der Waals surface area (Å²) in [5.74, 6) is -0.541. The Labute approximate surface area is 87.9 Å². The molecule has 1 unspecified atom stereocenters. The first-order valence-corrected chi connectivity index (χ1v) is 4.85. The molecule has 0 aliphatic heterocycles. The van der Waals surface area contributed by atoms with Crippen LogP contribution in [-0.2, 0) is 4.79 Å². The van der Waals surface area contributed by atoms with Crippen LogP contribution in [-0.4, -0.2) is 5.24 Å². The van der Waals surface area contributed by atoms with Gasteiger partial charge in [-0.3, -0.25) is 4.79 Å². The Kier molecular flexibility index (Phi) is 3.64. The van der Waals surface area contributed by atoms with E-state index in [0.717, 1.165) is 5.56 Å². The second-order valence-electron chi connectivity index (χ2n) is 3.58. The van der Waals surface area contributed by atoms with Crippen molar-refractivity contribution in [3.05, 3.63) is 35.6 Å². The van der Waals surface area contributed by atoms with Gasteiger partial charge in [0, 0.05) is 0 Å². The summed E-state index contributed by atoms with van der Waals surface area (Å²) in [6.45, 7) is 3.82. The van der Waals surface area contributed by atoms with Gasteiger partial charge in [0.05, 0.1) is 5.92 Å². The number of rotatable bonds is 3. The van der Waals surface area contributed by atoms with Gasteiger partial charge in [0.2, 0.25) is 5.24 Å². The lowest BCUT2D eigenvalue weighted by Crippen LogP contribution is -2.13. The number of carbonyl (C=O) groups is 1. The average molecular weight is 215 g/mol. The van der Waals surface area contributed by atoms with Crippen LogP contribution in [0.2, 0.25) is 0 Å². The third-order valence-electron chi connectivity index (χ3n) is 2.14. The highest BCUT2D eigenvalue weighted by Gasteiger charge is 2.22. The summed E-state index contributed by atoms with van der Waals surface area (Å²) in [6.07, 6.45) is 0. The molecule has 1 atom stereocenters. The molecule has 1 aromatic rings. The van der Waals surface area contributed by atoms with Crippen LogP contribution in [0.25, 0.3) is 0 Å². The Balaban J connectivity index is 3.00. The first kappa shape index (κ1) is 11.2. The molecule has 0 fully saturated rings. The van der Waals surface area contributed by atoms with E-state index in [2.05, 4.69) is 0 Å². The lowest BCUT2D eigenvalue weighted by Gasteiger charge is -2.16. The normalized spacial score (nSPS) is 12.9. The molecule has 0 heterocycles. The smallest absolute Gasteiger partial charge is 0.229 e. The van der Waals surface area contributed by atoms with E-state index in [4.69, 9.17) is 11.6 Å². The summed E-state index contributed by atoms with van der Waals surface area (Å²) in [5.41, 5.74) is 0.765. The third kappa shape index (κ3) is 2.55. The van der Waals surface area contributed by atoms with Crippen molar-refractivity contribution < 1.29 is 9.18 Å². The van der Waals surface area contributed by atoms with Crippen LogP contribution in [0.5, 0.6) is 0 Å². The van der Waals surface area contributed by atoms with E-state index in [1.54, 1.807) is 12.1 Å². The quantitative estimate of drug-likeness (QED) is 0.706. The molecule has 1 nitrogen and oxygen atoms in total. The van der Waals surface area contributed by atoms with Gasteiger partial charge < -0.3 is 0 Å². The second-order valence-corrected chi connectivity index (χ2v) is 3.95. The Morgan fingerprint density at radius 1 is 1.29 bits per heavy atom. The highest BCUT2D eigenvalue weighted by Crippen LogP contribution is 2.26. The van der Waals surface area contributed by atoms with Crippen molar-refractivity contribution in [2.24, 2.45) is 5.92 Å². The predicted molar refractivity (Wildman–Crippen MR) is 54.8 cm³/mol. The van der Waals surface area contributed by atoms with E-state index in [0.29, 0.717) is 0 Å². The number of carbonyl (C=O) groups excluding carboxylic acids is 1. The Morgan fingerprint density at radius 3 is 2.14 bits per heavy atom. The summed E-state index contributed by atoms with van der Waals surface area (Å²) in [5, 5.41) is -0.397. The maximum absolute atomic E-state index is 12.6. The summed E-state index contributed by atoms with van der Waals surface area (Å²) in [7, 11) is 0. The molecule has 0 aromatic heterocycles. The number of hydrogen-bond acceptors (Lipinski definition) is 1. The van der Waals surface area contributed by atoms with Crippen LogP contribution in [0.3, 0.4) is 0 Å². The molecular formula is C11H12ClFO. The van der Waals surface area contributed by atoms with Crippen molar-refractivity contribution in [1.82, 2.24) is 0 Å². The van der Waals surface area contributed by atoms with Gasteiger partial charge in [0.15, 0.2) is 0 Å². The maximum Gasteiger partial charge on any atom is 0.229 e. The van der Waals surface area contributed by atoms with Crippen LogP contribution in [0.4, 0.5) is 4.39 Å². The van der Waals surface area contributed by atoms with Gasteiger partial charge >= 0.3 is 0 Å². The van der Waals surface area contributed by atoms with Gasteiger partial charge in [0.1, 0.15) is 5.82 Å². The third-order valence-corrected chi connectivity index (χ3v) is 2.38. The van der Waals surface area contributed by atoms with Crippen LogP contribution in [0.1, 0.15) is 25.3 Å². The minimum absolute atomic E-state index is 0.116. The van der Waals surface area contributed by atoms with Crippen molar-refractivity contribution in [2.45, 2.75) is 19.8 Å². The van der Waals surface area contributed by atoms with Crippen molar-refractivity contribution in [1.29, 1.82) is 0 Å². The first-order chi connectivity index (χ1) is 6.52. The minimum Gasteiger partial charge on any atom is -0.281 e. The van der Waals surface area contributed by atoms with Gasteiger partial charge in [-0.2, -0.15) is 0 Å². The van der Waals surface area contributed by atoms with E-state index in [1.165, 1.54) is 12.1 Å². The molecule has 1 rings (SSSR count). The highest BCUT2D eigenvalue weighted by atomic mass is 35.5. The first-order valence-electron chi connectivity index (χ1n) is 4.47. The minimum atomic E-state index is -0.397. The lowest BCUT2D eigenvalue weighted by atomic mass is 9.90. The highest BCUT2D eigenvalue weighted by molar-refractivity contribution is 6.64. The zero-order valence-corrected chi connectivity index (χ0v) is 8.88. The van der Waals surface area contributed by atoms with Crippen molar-refractivity contribution in [3.63, 3.8) is 0 Å². The van der Waals surface area contributed by atoms with E-state index >= 15 is 0 Å². The topological polar surface area (TPSA) is 17.1 Å². The fourth-order valence-electron chi connectivity index (χ4n) is 1.45. The lowest BCUT2D eigenvalue weighted by molar-refractivity contribution is -0.113. The van der Waals surface area contributed by atoms with Crippen molar-refractivity contribution in [2.75, 3.05) is 0 Å². The molecule has 0 amide bonds. The average Bonchev–Trinajstić information content (AvgIpc) is 2.07. The van der Waals surface area contributed by atoms with Gasteiger partial charge in [-0.25, -0.2) is 4.39 Å². The molecule has 0 spiro atoms. The molecule has 0 N–H and O–H groups in total. The molecule has 76 valence electrons. The van der Waals surface area contributed by atoms with Crippen LogP contribution in [0.15, 0.2) is 24.3 Å². The van der Waals surface area contributed by atoms with Crippen LogP contribution >= 0.6 is 11.6 Å². The molecule has 0 aliphatic rings. The standard InChI is InChI=1S/C11H12ClFO/c1-7(2)10(11(12)14)8-3-5-9(13)6-4-8/h3-7,10H,1-2H3.